The minimum atomic E-state index is -0.658. The summed E-state index contributed by atoms with van der Waals surface area (Å²) in [5.41, 5.74) is 0. The topological polar surface area (TPSA) is 37.3 Å². The summed E-state index contributed by atoms with van der Waals surface area (Å²) < 4.78 is 0. The Morgan fingerprint density at radius 3 is 2.73 bits per heavy atom. The Morgan fingerprint density at radius 2 is 2.45 bits per heavy atom. The first-order valence-electron chi connectivity index (χ1n) is 3.62. The normalized spacial score (nSPS) is 37.5. The first-order chi connectivity index (χ1) is 5.16. The molecule has 0 aliphatic carbocycles. The van der Waals surface area contributed by atoms with Crippen molar-refractivity contribution in [2.24, 2.45) is 11.8 Å². The molecule has 4 heteroatoms. The summed E-state index contributed by atoms with van der Waals surface area (Å²) in [6.45, 7) is 2.00. The van der Waals surface area contributed by atoms with Gasteiger partial charge >= 0.3 is 5.97 Å². The molecule has 0 amide bonds. The summed E-state index contributed by atoms with van der Waals surface area (Å²) >= 11 is 5.90. The number of hydrogen-bond acceptors (Lipinski definition) is 3. The van der Waals surface area contributed by atoms with Gasteiger partial charge in [0.25, 0.3) is 0 Å². The van der Waals surface area contributed by atoms with Crippen molar-refractivity contribution in [2.75, 3.05) is 11.5 Å². The van der Waals surface area contributed by atoms with E-state index in [0.717, 1.165) is 11.5 Å². The van der Waals surface area contributed by atoms with Crippen molar-refractivity contribution in [1.29, 1.82) is 0 Å². The number of thioether (sulfide) groups is 1. The summed E-state index contributed by atoms with van der Waals surface area (Å²) in [4.78, 5) is 10.6. The van der Waals surface area contributed by atoms with Gasteiger partial charge in [0.15, 0.2) is 0 Å². The van der Waals surface area contributed by atoms with Gasteiger partial charge in [0.2, 0.25) is 0 Å². The molecule has 0 aromatic heterocycles. The van der Waals surface area contributed by atoms with Gasteiger partial charge in [0, 0.05) is 16.8 Å². The summed E-state index contributed by atoms with van der Waals surface area (Å²) in [7, 11) is 0. The van der Waals surface area contributed by atoms with Crippen LogP contribution in [0.3, 0.4) is 0 Å². The molecular formula is C7H12O2S2. The fourth-order valence-electron chi connectivity index (χ4n) is 1.31. The number of carboxylic acid groups (broad SMARTS) is 1. The molecule has 2 nitrogen and oxygen atoms in total. The zero-order valence-corrected chi connectivity index (χ0v) is 8.07. The maximum absolute atomic E-state index is 10.6. The molecule has 11 heavy (non-hydrogen) atoms. The van der Waals surface area contributed by atoms with E-state index in [4.69, 9.17) is 5.11 Å². The minimum Gasteiger partial charge on any atom is -0.481 e. The molecule has 1 rings (SSSR count). The molecule has 1 saturated heterocycles. The van der Waals surface area contributed by atoms with Crippen molar-refractivity contribution in [3.8, 4) is 0 Å². The molecule has 0 aromatic rings. The molecule has 0 spiro atoms. The first kappa shape index (κ1) is 9.26. The van der Waals surface area contributed by atoms with Crippen LogP contribution in [0.2, 0.25) is 0 Å². The van der Waals surface area contributed by atoms with Crippen LogP contribution in [0, 0.1) is 11.8 Å². The lowest BCUT2D eigenvalue weighted by molar-refractivity contribution is -0.142. The van der Waals surface area contributed by atoms with E-state index in [9.17, 15) is 4.79 Å². The van der Waals surface area contributed by atoms with Crippen LogP contribution < -0.4 is 0 Å². The maximum atomic E-state index is 10.6. The Hall–Kier alpha value is 0.170. The van der Waals surface area contributed by atoms with Gasteiger partial charge < -0.3 is 5.11 Å². The predicted molar refractivity (Wildman–Crippen MR) is 50.4 cm³/mol. The highest BCUT2D eigenvalue weighted by Crippen LogP contribution is 2.37. The second-order valence-corrected chi connectivity index (χ2v) is 4.50. The number of hydrogen-bond donors (Lipinski definition) is 2. The summed E-state index contributed by atoms with van der Waals surface area (Å²) in [5, 5.41) is 9.19. The van der Waals surface area contributed by atoms with Crippen molar-refractivity contribution in [3.63, 3.8) is 0 Å². The Bertz CT molecular complexity index is 161. The number of thiol groups is 1. The number of carboxylic acids is 1. The van der Waals surface area contributed by atoms with Gasteiger partial charge in [-0.3, -0.25) is 4.79 Å². The van der Waals surface area contributed by atoms with Gasteiger partial charge in [-0.25, -0.2) is 0 Å². The molecule has 64 valence electrons. The second-order valence-electron chi connectivity index (χ2n) is 2.86. The van der Waals surface area contributed by atoms with Gasteiger partial charge in [-0.05, 0) is 5.92 Å². The van der Waals surface area contributed by atoms with E-state index in [0.29, 0.717) is 5.25 Å². The third-order valence-electron chi connectivity index (χ3n) is 2.21. The first-order valence-corrected chi connectivity index (χ1v) is 5.30. The van der Waals surface area contributed by atoms with E-state index >= 15 is 0 Å². The van der Waals surface area contributed by atoms with E-state index in [2.05, 4.69) is 12.6 Å². The Labute approximate surface area is 76.2 Å². The van der Waals surface area contributed by atoms with E-state index in [1.165, 1.54) is 0 Å². The van der Waals surface area contributed by atoms with Gasteiger partial charge in [0.1, 0.15) is 0 Å². The highest BCUT2D eigenvalue weighted by atomic mass is 32.2. The lowest BCUT2D eigenvalue weighted by atomic mass is 9.94. The van der Waals surface area contributed by atoms with E-state index in [-0.39, 0.29) is 11.8 Å². The summed E-state index contributed by atoms with van der Waals surface area (Å²) in [6.07, 6.45) is 0. The standard InChI is InChI=1S/C7H12O2S2/c1-4-5(7(8)9)3-11-6(4)2-10/h4-6,10H,2-3H2,1H3,(H,8,9). The molecule has 0 aromatic carbocycles. The minimum absolute atomic E-state index is 0.155. The van der Waals surface area contributed by atoms with Crippen LogP contribution in [0.5, 0.6) is 0 Å². The zero-order chi connectivity index (χ0) is 8.43. The quantitative estimate of drug-likeness (QED) is 0.649. The average Bonchev–Trinajstić information content (AvgIpc) is 2.30. The second kappa shape index (κ2) is 3.72. The molecule has 1 heterocycles. The predicted octanol–water partition coefficient (Wildman–Crippen LogP) is 1.37. The van der Waals surface area contributed by atoms with Gasteiger partial charge in [-0.2, -0.15) is 24.4 Å². The number of carbonyl (C=O) groups is 1. The summed E-state index contributed by atoms with van der Waals surface area (Å²) in [6, 6.07) is 0. The molecule has 1 aliphatic rings. The Balaban J connectivity index is 2.55. The smallest absolute Gasteiger partial charge is 0.307 e. The van der Waals surface area contributed by atoms with Gasteiger partial charge in [0.05, 0.1) is 5.92 Å². The molecule has 3 atom stereocenters. The summed E-state index contributed by atoms with van der Waals surface area (Å²) in [5.74, 6) is 0.999. The van der Waals surface area contributed by atoms with Crippen molar-refractivity contribution in [2.45, 2.75) is 12.2 Å². The van der Waals surface area contributed by atoms with Crippen LogP contribution in [0.15, 0.2) is 0 Å². The zero-order valence-electron chi connectivity index (χ0n) is 6.36. The molecule has 1 aliphatic heterocycles. The average molecular weight is 192 g/mol. The van der Waals surface area contributed by atoms with Crippen molar-refractivity contribution < 1.29 is 9.90 Å². The molecule has 1 N–H and O–H groups in total. The highest BCUT2D eigenvalue weighted by molar-refractivity contribution is 8.00. The van der Waals surface area contributed by atoms with Crippen LogP contribution in [0.25, 0.3) is 0 Å². The van der Waals surface area contributed by atoms with E-state index in [1.54, 1.807) is 11.8 Å². The Kier molecular flexibility index (Phi) is 3.13. The highest BCUT2D eigenvalue weighted by Gasteiger charge is 2.36. The molecule has 0 bridgehead atoms. The fraction of sp³-hybridized carbons (Fsp3) is 0.857. The number of aliphatic carboxylic acids is 1. The molecule has 0 radical (unpaired) electrons. The molecule has 3 unspecified atom stereocenters. The monoisotopic (exact) mass is 192 g/mol. The lowest BCUT2D eigenvalue weighted by Crippen LogP contribution is -2.23. The molecular weight excluding hydrogens is 180 g/mol. The van der Waals surface area contributed by atoms with Gasteiger partial charge in [-0.15, -0.1) is 0 Å². The third-order valence-corrected chi connectivity index (χ3v) is 4.42. The fourth-order valence-corrected chi connectivity index (χ4v) is 3.45. The van der Waals surface area contributed by atoms with Crippen LogP contribution in [-0.4, -0.2) is 27.8 Å². The number of rotatable bonds is 2. The van der Waals surface area contributed by atoms with Crippen molar-refractivity contribution >= 4 is 30.4 Å². The largest absolute Gasteiger partial charge is 0.481 e. The van der Waals surface area contributed by atoms with Crippen LogP contribution in [-0.2, 0) is 4.79 Å². The Morgan fingerprint density at radius 1 is 1.82 bits per heavy atom. The third kappa shape index (κ3) is 1.85. The van der Waals surface area contributed by atoms with Crippen molar-refractivity contribution in [1.82, 2.24) is 0 Å². The molecule has 0 saturated carbocycles. The van der Waals surface area contributed by atoms with Gasteiger partial charge in [-0.1, -0.05) is 6.92 Å². The van der Waals surface area contributed by atoms with E-state index < -0.39 is 5.97 Å². The molecule has 1 fully saturated rings. The van der Waals surface area contributed by atoms with Crippen molar-refractivity contribution in [3.05, 3.63) is 0 Å². The lowest BCUT2D eigenvalue weighted by Gasteiger charge is -2.13. The van der Waals surface area contributed by atoms with Crippen LogP contribution in [0.1, 0.15) is 6.92 Å². The van der Waals surface area contributed by atoms with E-state index in [1.807, 2.05) is 6.92 Å². The van der Waals surface area contributed by atoms with Crippen LogP contribution >= 0.6 is 24.4 Å². The van der Waals surface area contributed by atoms with Crippen LogP contribution in [0.4, 0.5) is 0 Å². The maximum Gasteiger partial charge on any atom is 0.307 e. The SMILES string of the molecule is CC1C(CS)SCC1C(=O)O.